The van der Waals surface area contributed by atoms with E-state index >= 15 is 0 Å². The summed E-state index contributed by atoms with van der Waals surface area (Å²) in [4.78, 5) is 13.5. The third-order valence-corrected chi connectivity index (χ3v) is 2.61. The molecule has 0 bridgehead atoms. The Balaban J connectivity index is 2.37. The standard InChI is InChI=1S/C13H16N4O2/c1-16(2)9-12-8-14-15-17(12)11-6-4-5-10(7-11)13(18)19-3/h4-8H,9H2,1-3H3. The zero-order chi connectivity index (χ0) is 13.8. The number of carbonyl (C=O) groups is 1. The van der Waals surface area contributed by atoms with Crippen molar-refractivity contribution in [2.45, 2.75) is 6.54 Å². The summed E-state index contributed by atoms with van der Waals surface area (Å²) in [5, 5.41) is 7.97. The van der Waals surface area contributed by atoms with Gasteiger partial charge in [-0.15, -0.1) is 5.10 Å². The molecule has 19 heavy (non-hydrogen) atoms. The van der Waals surface area contributed by atoms with Gasteiger partial charge in [0.05, 0.1) is 30.3 Å². The van der Waals surface area contributed by atoms with Crippen molar-refractivity contribution in [2.24, 2.45) is 0 Å². The molecule has 0 fully saturated rings. The average Bonchev–Trinajstić information content (AvgIpc) is 2.85. The zero-order valence-corrected chi connectivity index (χ0v) is 11.2. The molecule has 0 saturated heterocycles. The summed E-state index contributed by atoms with van der Waals surface area (Å²) in [5.41, 5.74) is 2.23. The smallest absolute Gasteiger partial charge is 0.337 e. The van der Waals surface area contributed by atoms with Crippen molar-refractivity contribution in [2.75, 3.05) is 21.2 Å². The summed E-state index contributed by atoms with van der Waals surface area (Å²) in [5.74, 6) is -0.365. The van der Waals surface area contributed by atoms with Crippen LogP contribution in [0.3, 0.4) is 0 Å². The lowest BCUT2D eigenvalue weighted by Gasteiger charge is -2.11. The number of carbonyl (C=O) groups excluding carboxylic acids is 1. The molecule has 2 rings (SSSR count). The second-order valence-electron chi connectivity index (χ2n) is 4.42. The van der Waals surface area contributed by atoms with E-state index in [1.807, 2.05) is 25.1 Å². The van der Waals surface area contributed by atoms with Crippen molar-refractivity contribution in [3.63, 3.8) is 0 Å². The molecule has 100 valence electrons. The van der Waals surface area contributed by atoms with Gasteiger partial charge in [-0.1, -0.05) is 11.3 Å². The number of ether oxygens (including phenoxy) is 1. The van der Waals surface area contributed by atoms with Gasteiger partial charge in [0.1, 0.15) is 0 Å². The lowest BCUT2D eigenvalue weighted by atomic mass is 10.2. The van der Waals surface area contributed by atoms with Crippen LogP contribution < -0.4 is 0 Å². The summed E-state index contributed by atoms with van der Waals surface area (Å²) in [6.07, 6.45) is 1.71. The van der Waals surface area contributed by atoms with Crippen LogP contribution in [0.1, 0.15) is 16.1 Å². The van der Waals surface area contributed by atoms with E-state index < -0.39 is 0 Å². The highest BCUT2D eigenvalue weighted by atomic mass is 16.5. The third-order valence-electron chi connectivity index (χ3n) is 2.61. The minimum atomic E-state index is -0.365. The van der Waals surface area contributed by atoms with E-state index in [4.69, 9.17) is 4.74 Å². The van der Waals surface area contributed by atoms with E-state index in [9.17, 15) is 4.79 Å². The first-order valence-corrected chi connectivity index (χ1v) is 5.85. The Bertz CT molecular complexity index is 578. The fourth-order valence-corrected chi connectivity index (χ4v) is 1.79. The highest BCUT2D eigenvalue weighted by molar-refractivity contribution is 5.89. The van der Waals surface area contributed by atoms with E-state index in [2.05, 4.69) is 10.3 Å². The van der Waals surface area contributed by atoms with Gasteiger partial charge in [-0.25, -0.2) is 9.48 Å². The van der Waals surface area contributed by atoms with Gasteiger partial charge in [0.15, 0.2) is 0 Å². The monoisotopic (exact) mass is 260 g/mol. The number of rotatable bonds is 4. The number of hydrogen-bond acceptors (Lipinski definition) is 5. The largest absolute Gasteiger partial charge is 0.465 e. The summed E-state index contributed by atoms with van der Waals surface area (Å²) >= 11 is 0. The molecule has 0 spiro atoms. The molecule has 0 saturated carbocycles. The quantitative estimate of drug-likeness (QED) is 0.771. The fourth-order valence-electron chi connectivity index (χ4n) is 1.79. The Morgan fingerprint density at radius 3 is 2.89 bits per heavy atom. The Kier molecular flexibility index (Phi) is 3.91. The van der Waals surface area contributed by atoms with E-state index in [0.717, 1.165) is 17.9 Å². The van der Waals surface area contributed by atoms with Crippen LogP contribution in [0.25, 0.3) is 5.69 Å². The number of aromatic nitrogens is 3. The highest BCUT2D eigenvalue weighted by Crippen LogP contribution is 2.13. The Hall–Kier alpha value is -2.21. The van der Waals surface area contributed by atoms with Gasteiger partial charge in [-0.2, -0.15) is 0 Å². The van der Waals surface area contributed by atoms with E-state index in [0.29, 0.717) is 5.56 Å². The summed E-state index contributed by atoms with van der Waals surface area (Å²) < 4.78 is 6.43. The molecule has 6 nitrogen and oxygen atoms in total. The topological polar surface area (TPSA) is 60.3 Å². The summed E-state index contributed by atoms with van der Waals surface area (Å²) in [6.45, 7) is 0.718. The second kappa shape index (κ2) is 5.62. The van der Waals surface area contributed by atoms with Crippen LogP contribution in [0.5, 0.6) is 0 Å². The SMILES string of the molecule is COC(=O)c1cccc(-n2nncc2CN(C)C)c1. The van der Waals surface area contributed by atoms with E-state index in [-0.39, 0.29) is 5.97 Å². The van der Waals surface area contributed by atoms with Gasteiger partial charge in [0, 0.05) is 6.54 Å². The molecule has 0 aliphatic rings. The van der Waals surface area contributed by atoms with Crippen molar-refractivity contribution in [1.82, 2.24) is 19.9 Å². The molecule has 0 radical (unpaired) electrons. The normalized spacial score (nSPS) is 10.7. The van der Waals surface area contributed by atoms with Crippen LogP contribution in [-0.4, -0.2) is 47.1 Å². The van der Waals surface area contributed by atoms with Crippen molar-refractivity contribution in [1.29, 1.82) is 0 Å². The van der Waals surface area contributed by atoms with Crippen LogP contribution in [0.15, 0.2) is 30.5 Å². The first-order valence-electron chi connectivity index (χ1n) is 5.85. The van der Waals surface area contributed by atoms with Gasteiger partial charge < -0.3 is 9.64 Å². The molecule has 1 heterocycles. The number of methoxy groups -OCH3 is 1. The number of benzene rings is 1. The van der Waals surface area contributed by atoms with Crippen LogP contribution in [0.2, 0.25) is 0 Å². The maximum absolute atomic E-state index is 11.5. The predicted octanol–water partition coefficient (Wildman–Crippen LogP) is 1.12. The Morgan fingerprint density at radius 1 is 1.42 bits per heavy atom. The maximum Gasteiger partial charge on any atom is 0.337 e. The molecule has 2 aromatic rings. The Labute approximate surface area is 111 Å². The molecule has 1 aromatic heterocycles. The minimum absolute atomic E-state index is 0.365. The fraction of sp³-hybridized carbons (Fsp3) is 0.308. The average molecular weight is 260 g/mol. The predicted molar refractivity (Wildman–Crippen MR) is 70.1 cm³/mol. The van der Waals surface area contributed by atoms with Crippen LogP contribution in [0.4, 0.5) is 0 Å². The van der Waals surface area contributed by atoms with Gasteiger partial charge in [-0.05, 0) is 32.3 Å². The summed E-state index contributed by atoms with van der Waals surface area (Å²) in [7, 11) is 5.31. The number of nitrogens with zero attached hydrogens (tertiary/aromatic N) is 4. The molecule has 0 N–H and O–H groups in total. The summed E-state index contributed by atoms with van der Waals surface area (Å²) in [6, 6.07) is 7.11. The lowest BCUT2D eigenvalue weighted by Crippen LogP contribution is -2.14. The molecule has 1 aromatic carbocycles. The van der Waals surface area contributed by atoms with Gasteiger partial charge in [0.25, 0.3) is 0 Å². The molecule has 6 heteroatoms. The maximum atomic E-state index is 11.5. The van der Waals surface area contributed by atoms with Crippen molar-refractivity contribution in [3.05, 3.63) is 41.7 Å². The number of esters is 1. The first kappa shape index (κ1) is 13.2. The molecule has 0 unspecified atom stereocenters. The van der Waals surface area contributed by atoms with Crippen LogP contribution in [0, 0.1) is 0 Å². The van der Waals surface area contributed by atoms with Gasteiger partial charge in [0.2, 0.25) is 0 Å². The van der Waals surface area contributed by atoms with Crippen molar-refractivity contribution in [3.8, 4) is 5.69 Å². The molecule has 0 aliphatic carbocycles. The molecule has 0 atom stereocenters. The minimum Gasteiger partial charge on any atom is -0.465 e. The first-order chi connectivity index (χ1) is 9.11. The molecule has 0 aliphatic heterocycles. The molecular weight excluding hydrogens is 244 g/mol. The van der Waals surface area contributed by atoms with Gasteiger partial charge >= 0.3 is 5.97 Å². The molecule has 0 amide bonds. The van der Waals surface area contributed by atoms with Gasteiger partial charge in [-0.3, -0.25) is 0 Å². The molecular formula is C13H16N4O2. The highest BCUT2D eigenvalue weighted by Gasteiger charge is 2.10. The third kappa shape index (κ3) is 2.97. The lowest BCUT2D eigenvalue weighted by molar-refractivity contribution is 0.0600. The van der Waals surface area contributed by atoms with Crippen LogP contribution in [-0.2, 0) is 11.3 Å². The number of hydrogen-bond donors (Lipinski definition) is 0. The van der Waals surface area contributed by atoms with Crippen molar-refractivity contribution < 1.29 is 9.53 Å². The van der Waals surface area contributed by atoms with E-state index in [1.165, 1.54) is 7.11 Å². The van der Waals surface area contributed by atoms with Crippen LogP contribution >= 0.6 is 0 Å². The zero-order valence-electron chi connectivity index (χ0n) is 11.2. The second-order valence-corrected chi connectivity index (χ2v) is 4.42. The Morgan fingerprint density at radius 2 is 2.21 bits per heavy atom. The van der Waals surface area contributed by atoms with E-state index in [1.54, 1.807) is 29.1 Å². The van der Waals surface area contributed by atoms with Crippen molar-refractivity contribution >= 4 is 5.97 Å².